The lowest BCUT2D eigenvalue weighted by molar-refractivity contribution is 0.310. The molecule has 114 valence electrons. The largest absolute Gasteiger partial charge is 0.348 e. The van der Waals surface area contributed by atoms with E-state index in [9.17, 15) is 8.42 Å². The lowest BCUT2D eigenvalue weighted by Crippen LogP contribution is -2.39. The van der Waals surface area contributed by atoms with Crippen LogP contribution in [0.15, 0.2) is 28.7 Å². The zero-order valence-electron chi connectivity index (χ0n) is 11.9. The second kappa shape index (κ2) is 5.90. The van der Waals surface area contributed by atoms with Gasteiger partial charge >= 0.3 is 0 Å². The van der Waals surface area contributed by atoms with E-state index in [2.05, 4.69) is 9.97 Å². The van der Waals surface area contributed by atoms with E-state index in [-0.39, 0.29) is 5.92 Å². The molecular weight excluding hydrogens is 306 g/mol. The van der Waals surface area contributed by atoms with Gasteiger partial charge in [-0.3, -0.25) is 0 Å². The molecule has 2 aromatic rings. The third-order valence-corrected chi connectivity index (χ3v) is 7.43. The standard InChI is InChI=1S/C14H19N3O2S2/c1-2-12-5-6-13(20-12)21(18,19)17-9-3-4-11(10-17)14-15-7-8-16-14/h5-8,11H,2-4,9-10H2,1H3,(H,15,16)/t11-/m1/s1. The van der Waals surface area contributed by atoms with Crippen LogP contribution in [0.25, 0.3) is 0 Å². The number of aryl methyl sites for hydroxylation is 1. The van der Waals surface area contributed by atoms with Crippen LogP contribution in [0.3, 0.4) is 0 Å². The molecule has 0 saturated carbocycles. The number of sulfonamides is 1. The molecule has 0 bridgehead atoms. The predicted octanol–water partition coefficient (Wildman–Crippen LogP) is 2.60. The van der Waals surface area contributed by atoms with E-state index in [0.717, 1.165) is 30.0 Å². The molecular formula is C14H19N3O2S2. The molecule has 1 N–H and O–H groups in total. The highest BCUT2D eigenvalue weighted by Crippen LogP contribution is 2.31. The number of hydrogen-bond donors (Lipinski definition) is 1. The Bertz CT molecular complexity index is 692. The highest BCUT2D eigenvalue weighted by atomic mass is 32.2. The zero-order chi connectivity index (χ0) is 14.9. The van der Waals surface area contributed by atoms with Crippen molar-refractivity contribution in [2.24, 2.45) is 0 Å². The number of nitrogens with one attached hydrogen (secondary N) is 1. The minimum absolute atomic E-state index is 0.161. The highest BCUT2D eigenvalue weighted by Gasteiger charge is 2.32. The number of rotatable bonds is 4. The van der Waals surface area contributed by atoms with Gasteiger partial charge in [-0.2, -0.15) is 4.31 Å². The van der Waals surface area contributed by atoms with Gasteiger partial charge in [0, 0.05) is 36.3 Å². The third-order valence-electron chi connectivity index (χ3n) is 3.87. The summed E-state index contributed by atoms with van der Waals surface area (Å²) in [4.78, 5) is 8.48. The van der Waals surface area contributed by atoms with Gasteiger partial charge in [-0.25, -0.2) is 13.4 Å². The number of imidazole rings is 1. The summed E-state index contributed by atoms with van der Waals surface area (Å²) in [5.41, 5.74) is 0. The summed E-state index contributed by atoms with van der Waals surface area (Å²) in [5.74, 6) is 1.05. The average Bonchev–Trinajstić information content (AvgIpc) is 3.19. The van der Waals surface area contributed by atoms with Crippen LogP contribution in [0.4, 0.5) is 0 Å². The summed E-state index contributed by atoms with van der Waals surface area (Å²) in [6.07, 6.45) is 6.22. The van der Waals surface area contributed by atoms with Gasteiger partial charge in [0.2, 0.25) is 0 Å². The van der Waals surface area contributed by atoms with Crippen molar-refractivity contribution >= 4 is 21.4 Å². The van der Waals surface area contributed by atoms with Crippen molar-refractivity contribution in [3.63, 3.8) is 0 Å². The number of piperidine rings is 1. The quantitative estimate of drug-likeness (QED) is 0.939. The SMILES string of the molecule is CCc1ccc(S(=O)(=O)N2CCC[C@@H](c3ncc[nH]3)C2)s1. The second-order valence-electron chi connectivity index (χ2n) is 5.25. The molecule has 1 fully saturated rings. The van der Waals surface area contributed by atoms with Crippen LogP contribution in [0.5, 0.6) is 0 Å². The topological polar surface area (TPSA) is 66.1 Å². The third kappa shape index (κ3) is 2.90. The molecule has 0 unspecified atom stereocenters. The van der Waals surface area contributed by atoms with Crippen molar-refractivity contribution in [3.8, 4) is 0 Å². The van der Waals surface area contributed by atoms with Gasteiger partial charge in [-0.1, -0.05) is 6.92 Å². The molecule has 3 rings (SSSR count). The Balaban J connectivity index is 1.82. The first kappa shape index (κ1) is 14.7. The molecule has 0 spiro atoms. The molecule has 1 saturated heterocycles. The van der Waals surface area contributed by atoms with Gasteiger partial charge in [-0.05, 0) is 31.4 Å². The van der Waals surface area contributed by atoms with Crippen LogP contribution < -0.4 is 0 Å². The molecule has 0 amide bonds. The summed E-state index contributed by atoms with van der Waals surface area (Å²) in [7, 11) is -3.37. The Morgan fingerprint density at radius 3 is 3.00 bits per heavy atom. The normalized spacial score (nSPS) is 20.7. The Kier molecular flexibility index (Phi) is 4.14. The number of thiophene rings is 1. The number of aromatic amines is 1. The molecule has 3 heterocycles. The van der Waals surface area contributed by atoms with Crippen molar-refractivity contribution in [3.05, 3.63) is 35.2 Å². The molecule has 0 aliphatic carbocycles. The van der Waals surface area contributed by atoms with Gasteiger partial charge in [-0.15, -0.1) is 11.3 Å². The Hall–Kier alpha value is -1.18. The molecule has 7 heteroatoms. The predicted molar refractivity (Wildman–Crippen MR) is 83.0 cm³/mol. The van der Waals surface area contributed by atoms with Crippen LogP contribution >= 0.6 is 11.3 Å². The van der Waals surface area contributed by atoms with Crippen LogP contribution in [0, 0.1) is 0 Å². The van der Waals surface area contributed by atoms with Crippen molar-refractivity contribution in [1.29, 1.82) is 0 Å². The molecule has 1 atom stereocenters. The van der Waals surface area contributed by atoms with Gasteiger partial charge in [0.15, 0.2) is 0 Å². The van der Waals surface area contributed by atoms with Crippen LogP contribution in [0.2, 0.25) is 0 Å². The summed E-state index contributed by atoms with van der Waals surface area (Å²) in [5, 5.41) is 0. The smallest absolute Gasteiger partial charge is 0.252 e. The van der Waals surface area contributed by atoms with Crippen LogP contribution in [-0.2, 0) is 16.4 Å². The van der Waals surface area contributed by atoms with E-state index in [1.807, 2.05) is 13.0 Å². The summed E-state index contributed by atoms with van der Waals surface area (Å²) in [6.45, 7) is 3.14. The van der Waals surface area contributed by atoms with E-state index in [1.54, 1.807) is 22.8 Å². The number of nitrogens with zero attached hydrogens (tertiary/aromatic N) is 2. The number of H-pyrrole nitrogens is 1. The van der Waals surface area contributed by atoms with E-state index < -0.39 is 10.0 Å². The van der Waals surface area contributed by atoms with E-state index in [1.165, 1.54) is 11.3 Å². The fraction of sp³-hybridized carbons (Fsp3) is 0.500. The first-order valence-corrected chi connectivity index (χ1v) is 9.45. The van der Waals surface area contributed by atoms with E-state index in [4.69, 9.17) is 0 Å². The maximum Gasteiger partial charge on any atom is 0.252 e. The fourth-order valence-electron chi connectivity index (χ4n) is 2.70. The summed E-state index contributed by atoms with van der Waals surface area (Å²) in [6, 6.07) is 3.64. The summed E-state index contributed by atoms with van der Waals surface area (Å²) >= 11 is 1.38. The van der Waals surface area contributed by atoms with Crippen LogP contribution in [-0.4, -0.2) is 35.8 Å². The molecule has 0 radical (unpaired) electrons. The van der Waals surface area contributed by atoms with Crippen molar-refractivity contribution < 1.29 is 8.42 Å². The van der Waals surface area contributed by atoms with Gasteiger partial charge in [0.25, 0.3) is 10.0 Å². The molecule has 21 heavy (non-hydrogen) atoms. The first-order valence-electron chi connectivity index (χ1n) is 7.19. The van der Waals surface area contributed by atoms with Gasteiger partial charge in [0.05, 0.1) is 0 Å². The van der Waals surface area contributed by atoms with Crippen molar-refractivity contribution in [2.75, 3.05) is 13.1 Å². The Morgan fingerprint density at radius 2 is 2.33 bits per heavy atom. The first-order chi connectivity index (χ1) is 10.1. The molecule has 1 aliphatic rings. The summed E-state index contributed by atoms with van der Waals surface area (Å²) < 4.78 is 27.5. The minimum Gasteiger partial charge on any atom is -0.348 e. The monoisotopic (exact) mass is 325 g/mol. The highest BCUT2D eigenvalue weighted by molar-refractivity contribution is 7.91. The lowest BCUT2D eigenvalue weighted by Gasteiger charge is -2.30. The average molecular weight is 325 g/mol. The number of hydrogen-bond acceptors (Lipinski definition) is 4. The van der Waals surface area contributed by atoms with Crippen molar-refractivity contribution in [2.45, 2.75) is 36.3 Å². The second-order valence-corrected chi connectivity index (χ2v) is 8.58. The molecule has 5 nitrogen and oxygen atoms in total. The molecule has 2 aromatic heterocycles. The Labute approximate surface area is 129 Å². The number of aromatic nitrogens is 2. The Morgan fingerprint density at radius 1 is 1.48 bits per heavy atom. The lowest BCUT2D eigenvalue weighted by atomic mass is 9.99. The van der Waals surface area contributed by atoms with Crippen molar-refractivity contribution in [1.82, 2.24) is 14.3 Å². The maximum atomic E-state index is 12.7. The zero-order valence-corrected chi connectivity index (χ0v) is 13.6. The van der Waals surface area contributed by atoms with E-state index in [0.29, 0.717) is 17.3 Å². The van der Waals surface area contributed by atoms with Gasteiger partial charge < -0.3 is 4.98 Å². The molecule has 0 aromatic carbocycles. The van der Waals surface area contributed by atoms with Gasteiger partial charge in [0.1, 0.15) is 10.0 Å². The van der Waals surface area contributed by atoms with E-state index >= 15 is 0 Å². The minimum atomic E-state index is -3.37. The van der Waals surface area contributed by atoms with Crippen LogP contribution in [0.1, 0.15) is 36.4 Å². The molecule has 1 aliphatic heterocycles. The maximum absolute atomic E-state index is 12.7. The fourth-order valence-corrected chi connectivity index (χ4v) is 5.67.